The first kappa shape index (κ1) is 9.85. The Hall–Kier alpha value is -1.35. The highest BCUT2D eigenvalue weighted by Gasteiger charge is 2.18. The molecule has 3 heterocycles. The number of nitrogens with one attached hydrogen (secondary N) is 1. The van der Waals surface area contributed by atoms with Crippen LogP contribution in [0.5, 0.6) is 0 Å². The lowest BCUT2D eigenvalue weighted by Gasteiger charge is -2.11. The van der Waals surface area contributed by atoms with Crippen molar-refractivity contribution < 1.29 is 4.42 Å². The Balaban J connectivity index is 2.24. The summed E-state index contributed by atoms with van der Waals surface area (Å²) in [6.45, 7) is 6.37. The number of fused-ring (bicyclic) bond motifs is 2. The Bertz CT molecular complexity index is 530. The number of aryl methyl sites for hydroxylation is 1. The van der Waals surface area contributed by atoms with E-state index in [4.69, 9.17) is 4.42 Å². The predicted molar refractivity (Wildman–Crippen MR) is 63.7 cm³/mol. The minimum absolute atomic E-state index is 0.531. The van der Waals surface area contributed by atoms with Crippen molar-refractivity contribution in [3.8, 4) is 0 Å². The fraction of sp³-hybridized carbons (Fsp3) is 0.462. The third-order valence-electron chi connectivity index (χ3n) is 3.39. The van der Waals surface area contributed by atoms with Crippen molar-refractivity contribution in [1.82, 2.24) is 10.3 Å². The van der Waals surface area contributed by atoms with Gasteiger partial charge in [-0.1, -0.05) is 6.92 Å². The highest BCUT2D eigenvalue weighted by Crippen LogP contribution is 2.27. The Kier molecular flexibility index (Phi) is 2.21. The molecule has 1 unspecified atom stereocenters. The van der Waals surface area contributed by atoms with Gasteiger partial charge in [0.25, 0.3) is 0 Å². The number of hydrogen-bond donors (Lipinski definition) is 1. The van der Waals surface area contributed by atoms with Crippen LogP contribution in [0, 0.1) is 6.92 Å². The molecule has 1 N–H and O–H groups in total. The summed E-state index contributed by atoms with van der Waals surface area (Å²) in [6.07, 6.45) is 2.79. The van der Waals surface area contributed by atoms with Crippen molar-refractivity contribution in [2.45, 2.75) is 26.2 Å². The Morgan fingerprint density at radius 1 is 1.50 bits per heavy atom. The molecule has 84 valence electrons. The number of furan rings is 1. The van der Waals surface area contributed by atoms with E-state index in [1.165, 1.54) is 16.8 Å². The minimum atomic E-state index is 0.531. The van der Waals surface area contributed by atoms with Gasteiger partial charge < -0.3 is 9.73 Å². The fourth-order valence-corrected chi connectivity index (χ4v) is 2.39. The lowest BCUT2D eigenvalue weighted by atomic mass is 9.98. The van der Waals surface area contributed by atoms with Crippen molar-refractivity contribution in [2.24, 2.45) is 0 Å². The largest absolute Gasteiger partial charge is 0.446 e. The van der Waals surface area contributed by atoms with Crippen LogP contribution in [0.1, 0.15) is 29.7 Å². The second-order valence-electron chi connectivity index (χ2n) is 4.65. The molecule has 0 saturated carbocycles. The molecule has 3 rings (SSSR count). The van der Waals surface area contributed by atoms with Gasteiger partial charge in [-0.2, -0.15) is 0 Å². The van der Waals surface area contributed by atoms with Crippen molar-refractivity contribution in [3.63, 3.8) is 0 Å². The molecular formula is C13H16N2O. The first-order valence-corrected chi connectivity index (χ1v) is 5.84. The van der Waals surface area contributed by atoms with Crippen LogP contribution >= 0.6 is 0 Å². The van der Waals surface area contributed by atoms with E-state index in [2.05, 4.69) is 30.2 Å². The number of aromatic nitrogens is 1. The normalized spacial score (nSPS) is 20.8. The zero-order valence-electron chi connectivity index (χ0n) is 9.71. The lowest BCUT2D eigenvalue weighted by Crippen LogP contribution is -2.18. The molecule has 0 aromatic carbocycles. The van der Waals surface area contributed by atoms with Crippen LogP contribution in [-0.4, -0.2) is 18.1 Å². The summed E-state index contributed by atoms with van der Waals surface area (Å²) in [5, 5.41) is 4.59. The smallest absolute Gasteiger partial charge is 0.226 e. The average Bonchev–Trinajstić information content (AvgIpc) is 2.53. The van der Waals surface area contributed by atoms with Gasteiger partial charge in [-0.25, -0.2) is 4.98 Å². The minimum Gasteiger partial charge on any atom is -0.446 e. The molecule has 0 radical (unpaired) electrons. The monoisotopic (exact) mass is 216 g/mol. The first-order valence-electron chi connectivity index (χ1n) is 5.84. The van der Waals surface area contributed by atoms with Crippen LogP contribution in [0.2, 0.25) is 0 Å². The van der Waals surface area contributed by atoms with Gasteiger partial charge in [-0.05, 0) is 30.0 Å². The molecule has 1 aliphatic heterocycles. The zero-order valence-corrected chi connectivity index (χ0v) is 9.71. The summed E-state index contributed by atoms with van der Waals surface area (Å²) in [7, 11) is 0. The van der Waals surface area contributed by atoms with Crippen molar-refractivity contribution >= 4 is 11.1 Å². The molecule has 3 heteroatoms. The molecule has 1 aliphatic rings. The highest BCUT2D eigenvalue weighted by atomic mass is 16.3. The molecular weight excluding hydrogens is 200 g/mol. The van der Waals surface area contributed by atoms with Crippen LogP contribution in [-0.2, 0) is 6.42 Å². The van der Waals surface area contributed by atoms with E-state index < -0.39 is 0 Å². The molecule has 0 bridgehead atoms. The van der Waals surface area contributed by atoms with Gasteiger partial charge in [-0.3, -0.25) is 0 Å². The standard InChI is InChI=1S/C13H16N2O/c1-8-6-14-4-3-12-10(8)5-11-9(2)7-16-13(11)15-12/h5,7-8,14H,3-4,6H2,1-2H3. The maximum atomic E-state index is 5.46. The third-order valence-corrected chi connectivity index (χ3v) is 3.39. The lowest BCUT2D eigenvalue weighted by molar-refractivity contribution is 0.598. The second-order valence-corrected chi connectivity index (χ2v) is 4.65. The second kappa shape index (κ2) is 3.59. The summed E-state index contributed by atoms with van der Waals surface area (Å²) in [6, 6.07) is 2.26. The summed E-state index contributed by atoms with van der Waals surface area (Å²) >= 11 is 0. The van der Waals surface area contributed by atoms with E-state index in [1.807, 2.05) is 0 Å². The predicted octanol–water partition coefficient (Wildman–Crippen LogP) is 2.39. The van der Waals surface area contributed by atoms with Gasteiger partial charge in [0.15, 0.2) is 0 Å². The van der Waals surface area contributed by atoms with Gasteiger partial charge in [0.05, 0.1) is 6.26 Å². The summed E-state index contributed by atoms with van der Waals surface area (Å²) in [4.78, 5) is 4.64. The van der Waals surface area contributed by atoms with Gasteiger partial charge >= 0.3 is 0 Å². The van der Waals surface area contributed by atoms with E-state index >= 15 is 0 Å². The molecule has 0 aliphatic carbocycles. The Morgan fingerprint density at radius 2 is 2.38 bits per heavy atom. The number of hydrogen-bond acceptors (Lipinski definition) is 3. The fourth-order valence-electron chi connectivity index (χ4n) is 2.39. The molecule has 0 saturated heterocycles. The van der Waals surface area contributed by atoms with Gasteiger partial charge in [-0.15, -0.1) is 0 Å². The van der Waals surface area contributed by atoms with Crippen LogP contribution in [0.15, 0.2) is 16.7 Å². The molecule has 16 heavy (non-hydrogen) atoms. The summed E-state index contributed by atoms with van der Waals surface area (Å²) in [5.41, 5.74) is 4.53. The maximum absolute atomic E-state index is 5.46. The number of rotatable bonds is 0. The maximum Gasteiger partial charge on any atom is 0.226 e. The Labute approximate surface area is 94.9 Å². The molecule has 0 fully saturated rings. The van der Waals surface area contributed by atoms with E-state index in [0.717, 1.165) is 30.6 Å². The average molecular weight is 216 g/mol. The molecule has 1 atom stereocenters. The van der Waals surface area contributed by atoms with Crippen LogP contribution in [0.25, 0.3) is 11.1 Å². The molecule has 2 aromatic heterocycles. The zero-order chi connectivity index (χ0) is 11.1. The highest BCUT2D eigenvalue weighted by molar-refractivity contribution is 5.78. The van der Waals surface area contributed by atoms with Gasteiger partial charge in [0, 0.05) is 30.6 Å². The van der Waals surface area contributed by atoms with E-state index in [9.17, 15) is 0 Å². The van der Waals surface area contributed by atoms with Gasteiger partial charge in [0.1, 0.15) is 0 Å². The van der Waals surface area contributed by atoms with Crippen molar-refractivity contribution in [1.29, 1.82) is 0 Å². The topological polar surface area (TPSA) is 38.1 Å². The summed E-state index contributed by atoms with van der Waals surface area (Å²) in [5.74, 6) is 0.531. The number of nitrogens with zero attached hydrogens (tertiary/aromatic N) is 1. The van der Waals surface area contributed by atoms with Crippen molar-refractivity contribution in [2.75, 3.05) is 13.1 Å². The molecule has 2 aromatic rings. The quantitative estimate of drug-likeness (QED) is 0.734. The number of pyridine rings is 1. The van der Waals surface area contributed by atoms with Crippen molar-refractivity contribution in [3.05, 3.63) is 29.2 Å². The SMILES string of the molecule is Cc1coc2nc3c(cc12)C(C)CNCC3. The Morgan fingerprint density at radius 3 is 3.25 bits per heavy atom. The molecule has 3 nitrogen and oxygen atoms in total. The van der Waals surface area contributed by atoms with Crippen LogP contribution < -0.4 is 5.32 Å². The van der Waals surface area contributed by atoms with E-state index in [0.29, 0.717) is 5.92 Å². The third kappa shape index (κ3) is 1.43. The summed E-state index contributed by atoms with van der Waals surface area (Å²) < 4.78 is 5.46. The molecule has 0 amide bonds. The van der Waals surface area contributed by atoms with E-state index in [-0.39, 0.29) is 0 Å². The van der Waals surface area contributed by atoms with Crippen LogP contribution in [0.3, 0.4) is 0 Å². The van der Waals surface area contributed by atoms with Crippen LogP contribution in [0.4, 0.5) is 0 Å². The van der Waals surface area contributed by atoms with E-state index in [1.54, 1.807) is 6.26 Å². The molecule has 0 spiro atoms. The van der Waals surface area contributed by atoms with Gasteiger partial charge in [0.2, 0.25) is 5.71 Å². The first-order chi connectivity index (χ1) is 7.75.